The van der Waals surface area contributed by atoms with Crippen LogP contribution in [0.3, 0.4) is 0 Å². The fraction of sp³-hybridized carbons (Fsp3) is 0.565. The quantitative estimate of drug-likeness (QED) is 0.669. The molecule has 0 bridgehead atoms. The van der Waals surface area contributed by atoms with Crippen molar-refractivity contribution in [2.24, 2.45) is 5.92 Å². The summed E-state index contributed by atoms with van der Waals surface area (Å²) in [6.07, 6.45) is 5.19. The molecule has 1 fully saturated rings. The van der Waals surface area contributed by atoms with Crippen molar-refractivity contribution in [2.45, 2.75) is 58.4 Å². The largest absolute Gasteiger partial charge is 0.348 e. The van der Waals surface area contributed by atoms with E-state index in [0.717, 1.165) is 61.5 Å². The lowest BCUT2D eigenvalue weighted by molar-refractivity contribution is -0.116. The number of fused-ring (bicyclic) bond motifs is 1. The monoisotopic (exact) mass is 471 g/mol. The van der Waals surface area contributed by atoms with Gasteiger partial charge in [0.25, 0.3) is 5.91 Å². The van der Waals surface area contributed by atoms with Gasteiger partial charge < -0.3 is 15.5 Å². The average Bonchev–Trinajstić information content (AvgIpc) is 3.35. The second-order valence-electron chi connectivity index (χ2n) is 8.82. The molecule has 32 heavy (non-hydrogen) atoms. The number of nitrogens with zero attached hydrogens (tertiary/aromatic N) is 3. The Balaban J connectivity index is 1.23. The van der Waals surface area contributed by atoms with Crippen molar-refractivity contribution < 1.29 is 9.59 Å². The molecule has 1 atom stereocenters. The van der Waals surface area contributed by atoms with Crippen LogP contribution < -0.4 is 10.6 Å². The van der Waals surface area contributed by atoms with E-state index in [0.29, 0.717) is 29.3 Å². The lowest BCUT2D eigenvalue weighted by Crippen LogP contribution is -2.45. The zero-order chi connectivity index (χ0) is 22.7. The number of aryl methyl sites for hydroxylation is 1. The number of carbonyl (C=O) groups is 2. The van der Waals surface area contributed by atoms with E-state index >= 15 is 0 Å². The first-order valence-electron chi connectivity index (χ1n) is 11.2. The van der Waals surface area contributed by atoms with Gasteiger partial charge in [-0.3, -0.25) is 9.59 Å². The molecule has 3 heterocycles. The van der Waals surface area contributed by atoms with Crippen LogP contribution in [-0.4, -0.2) is 47.4 Å². The summed E-state index contributed by atoms with van der Waals surface area (Å²) < 4.78 is 0. The summed E-state index contributed by atoms with van der Waals surface area (Å²) in [5.41, 5.74) is 4.28. The summed E-state index contributed by atoms with van der Waals surface area (Å²) >= 11 is 2.95. The molecule has 2 aromatic heterocycles. The van der Waals surface area contributed by atoms with E-state index in [9.17, 15) is 14.9 Å². The van der Waals surface area contributed by atoms with E-state index < -0.39 is 0 Å². The molecule has 0 aromatic carbocycles. The zero-order valence-corrected chi connectivity index (χ0v) is 20.2. The molecule has 2 aromatic rings. The number of hydrogen-bond acceptors (Lipinski definition) is 7. The minimum absolute atomic E-state index is 0.0377. The van der Waals surface area contributed by atoms with E-state index in [2.05, 4.69) is 33.5 Å². The molecule has 9 heteroatoms. The Bertz CT molecular complexity index is 1030. The molecule has 0 radical (unpaired) electrons. The maximum Gasteiger partial charge on any atom is 0.263 e. The highest BCUT2D eigenvalue weighted by molar-refractivity contribution is 7.16. The van der Waals surface area contributed by atoms with E-state index in [1.165, 1.54) is 16.2 Å². The summed E-state index contributed by atoms with van der Waals surface area (Å²) in [7, 11) is 0. The topological polar surface area (TPSA) is 98.1 Å². The van der Waals surface area contributed by atoms with Crippen LogP contribution in [0, 0.1) is 24.2 Å². The first-order valence-corrected chi connectivity index (χ1v) is 12.9. The van der Waals surface area contributed by atoms with Crippen molar-refractivity contribution in [3.63, 3.8) is 0 Å². The van der Waals surface area contributed by atoms with Crippen molar-refractivity contribution in [1.29, 1.82) is 5.26 Å². The average molecular weight is 472 g/mol. The van der Waals surface area contributed by atoms with Gasteiger partial charge in [-0.2, -0.15) is 5.26 Å². The highest BCUT2D eigenvalue weighted by Gasteiger charge is 2.26. The second-order valence-corrected chi connectivity index (χ2v) is 10.8. The highest BCUT2D eigenvalue weighted by Crippen LogP contribution is 2.39. The molecule has 2 N–H and O–H groups in total. The van der Waals surface area contributed by atoms with Gasteiger partial charge in [0.1, 0.15) is 15.9 Å². The minimum atomic E-state index is -0.0378. The highest BCUT2D eigenvalue weighted by atomic mass is 32.1. The zero-order valence-electron chi connectivity index (χ0n) is 18.6. The number of hydrogen-bond donors (Lipinski definition) is 2. The molecular formula is C23H29N5O2S2. The molecule has 2 amide bonds. The van der Waals surface area contributed by atoms with Gasteiger partial charge in [0.15, 0.2) is 0 Å². The van der Waals surface area contributed by atoms with Crippen LogP contribution >= 0.6 is 22.7 Å². The molecule has 0 spiro atoms. The lowest BCUT2D eigenvalue weighted by Gasteiger charge is -2.32. The van der Waals surface area contributed by atoms with Gasteiger partial charge in [0, 0.05) is 37.0 Å². The molecule has 7 nitrogen and oxygen atoms in total. The molecular weight excluding hydrogens is 442 g/mol. The van der Waals surface area contributed by atoms with E-state index in [4.69, 9.17) is 0 Å². The number of aromatic nitrogens is 1. The van der Waals surface area contributed by atoms with Crippen LogP contribution in [0.1, 0.15) is 64.0 Å². The summed E-state index contributed by atoms with van der Waals surface area (Å²) in [5.74, 6) is 0.559. The van der Waals surface area contributed by atoms with E-state index in [1.807, 2.05) is 6.92 Å². The predicted octanol–water partition coefficient (Wildman–Crippen LogP) is 3.73. The number of nitriles is 1. The number of nitrogens with one attached hydrogen (secondary N) is 2. The second kappa shape index (κ2) is 10.1. The number of carbonyl (C=O) groups excluding carboxylic acids is 2. The number of thiophene rings is 1. The SMILES string of the molecule is Cc1ncsc1C(=O)NC1CCN(CCC(=O)Nc2sc3c(c2C#N)CCC(C)C3)CC1. The third kappa shape index (κ3) is 5.20. The van der Waals surface area contributed by atoms with Gasteiger partial charge in [0.05, 0.1) is 16.8 Å². The summed E-state index contributed by atoms with van der Waals surface area (Å²) in [4.78, 5) is 33.3. The minimum Gasteiger partial charge on any atom is -0.348 e. The molecule has 1 aliphatic carbocycles. The Hall–Kier alpha value is -2.28. The third-order valence-corrected chi connectivity index (χ3v) is 8.50. The van der Waals surface area contributed by atoms with Crippen LogP contribution in [0.5, 0.6) is 0 Å². The normalized spacial score (nSPS) is 19.2. The first kappa shape index (κ1) is 22.9. The summed E-state index contributed by atoms with van der Waals surface area (Å²) in [6.45, 7) is 6.49. The standard InChI is InChI=1S/C23H29N5O2S2/c1-14-3-4-17-18(12-24)23(32-19(17)11-14)27-20(29)7-10-28-8-5-16(6-9-28)26-22(30)21-15(2)25-13-31-21/h13-14,16H,3-11H2,1-2H3,(H,26,30)(H,27,29). The number of amides is 2. The molecule has 1 aliphatic heterocycles. The Labute approximate surface area is 196 Å². The van der Waals surface area contributed by atoms with E-state index in [-0.39, 0.29) is 17.9 Å². The fourth-order valence-corrected chi connectivity index (χ4v) is 6.56. The summed E-state index contributed by atoms with van der Waals surface area (Å²) in [5, 5.41) is 16.4. The van der Waals surface area contributed by atoms with Crippen molar-refractivity contribution in [1.82, 2.24) is 15.2 Å². The lowest BCUT2D eigenvalue weighted by atomic mass is 9.89. The Morgan fingerprint density at radius 2 is 2.09 bits per heavy atom. The molecule has 1 unspecified atom stereocenters. The van der Waals surface area contributed by atoms with Gasteiger partial charge in [0.2, 0.25) is 5.91 Å². The van der Waals surface area contributed by atoms with Crippen LogP contribution in [0.2, 0.25) is 0 Å². The smallest absolute Gasteiger partial charge is 0.263 e. The van der Waals surface area contributed by atoms with Gasteiger partial charge in [-0.05, 0) is 50.5 Å². The number of anilines is 1. The van der Waals surface area contributed by atoms with Crippen LogP contribution in [0.4, 0.5) is 5.00 Å². The predicted molar refractivity (Wildman–Crippen MR) is 127 cm³/mol. The Morgan fingerprint density at radius 3 is 2.78 bits per heavy atom. The third-order valence-electron chi connectivity index (χ3n) is 6.41. The molecule has 170 valence electrons. The Kier molecular flexibility index (Phi) is 7.23. The molecule has 4 rings (SSSR count). The number of likely N-dealkylation sites (tertiary alicyclic amines) is 1. The summed E-state index contributed by atoms with van der Waals surface area (Å²) in [6, 6.07) is 2.47. The van der Waals surface area contributed by atoms with Gasteiger partial charge in [-0.1, -0.05) is 6.92 Å². The van der Waals surface area contributed by atoms with Gasteiger partial charge in [-0.15, -0.1) is 22.7 Å². The van der Waals surface area contributed by atoms with Crippen molar-refractivity contribution in [3.05, 3.63) is 32.1 Å². The molecule has 1 saturated heterocycles. The molecule has 0 saturated carbocycles. The maximum atomic E-state index is 12.6. The van der Waals surface area contributed by atoms with Gasteiger partial charge >= 0.3 is 0 Å². The van der Waals surface area contributed by atoms with E-state index in [1.54, 1.807) is 16.8 Å². The van der Waals surface area contributed by atoms with Crippen molar-refractivity contribution in [2.75, 3.05) is 25.0 Å². The fourth-order valence-electron chi connectivity index (χ4n) is 4.48. The van der Waals surface area contributed by atoms with Crippen LogP contribution in [0.25, 0.3) is 0 Å². The maximum absolute atomic E-state index is 12.6. The first-order chi connectivity index (χ1) is 15.4. The Morgan fingerprint density at radius 1 is 1.31 bits per heavy atom. The molecule has 2 aliphatic rings. The van der Waals surface area contributed by atoms with Crippen molar-refractivity contribution in [3.8, 4) is 6.07 Å². The van der Waals surface area contributed by atoms with Crippen molar-refractivity contribution >= 4 is 39.5 Å². The number of piperidine rings is 1. The number of thiazole rings is 1. The number of rotatable bonds is 6. The van der Waals surface area contributed by atoms with Crippen LogP contribution in [-0.2, 0) is 17.6 Å². The van der Waals surface area contributed by atoms with Crippen LogP contribution in [0.15, 0.2) is 5.51 Å². The van der Waals surface area contributed by atoms with Gasteiger partial charge in [-0.25, -0.2) is 4.98 Å².